The van der Waals surface area contributed by atoms with Gasteiger partial charge in [-0.15, -0.1) is 11.3 Å². The Labute approximate surface area is 150 Å². The summed E-state index contributed by atoms with van der Waals surface area (Å²) in [7, 11) is 0. The van der Waals surface area contributed by atoms with Gasteiger partial charge in [0.1, 0.15) is 11.5 Å². The monoisotopic (exact) mass is 356 g/mol. The predicted octanol–water partition coefficient (Wildman–Crippen LogP) is 4.76. The van der Waals surface area contributed by atoms with E-state index in [2.05, 4.69) is 6.92 Å². The third-order valence-electron chi connectivity index (χ3n) is 5.04. The lowest BCUT2D eigenvalue weighted by Crippen LogP contribution is -2.38. The van der Waals surface area contributed by atoms with Gasteiger partial charge in [0.05, 0.1) is 10.2 Å². The van der Waals surface area contributed by atoms with Gasteiger partial charge in [0.2, 0.25) is 0 Å². The maximum Gasteiger partial charge on any atom is 0.270 e. The Hall–Kier alpha value is -2.14. The molecule has 0 radical (unpaired) electrons. The fourth-order valence-electron chi connectivity index (χ4n) is 3.52. The summed E-state index contributed by atoms with van der Waals surface area (Å²) in [6.45, 7) is 4.38. The molecule has 1 saturated heterocycles. The van der Waals surface area contributed by atoms with Crippen LogP contribution >= 0.6 is 11.3 Å². The van der Waals surface area contributed by atoms with E-state index in [-0.39, 0.29) is 11.7 Å². The first-order chi connectivity index (χ1) is 12.1. The van der Waals surface area contributed by atoms with Crippen molar-refractivity contribution in [1.82, 2.24) is 9.47 Å². The quantitative estimate of drug-likeness (QED) is 0.664. The largest absolute Gasteiger partial charge is 0.337 e. The molecule has 0 N–H and O–H groups in total. The van der Waals surface area contributed by atoms with E-state index < -0.39 is 0 Å². The number of carbonyl (C=O) groups is 1. The molecule has 5 heteroatoms. The first-order valence-electron chi connectivity index (χ1n) is 8.72. The van der Waals surface area contributed by atoms with Gasteiger partial charge in [-0.25, -0.2) is 4.39 Å². The zero-order valence-electron chi connectivity index (χ0n) is 14.2. The molecule has 0 aliphatic carbocycles. The molecule has 0 bridgehead atoms. The van der Waals surface area contributed by atoms with Gasteiger partial charge in [-0.1, -0.05) is 19.1 Å². The van der Waals surface area contributed by atoms with Crippen LogP contribution in [0.4, 0.5) is 4.39 Å². The van der Waals surface area contributed by atoms with E-state index in [1.165, 1.54) is 12.1 Å². The van der Waals surface area contributed by atoms with Crippen molar-refractivity contribution in [2.45, 2.75) is 26.3 Å². The molecule has 0 unspecified atom stereocenters. The summed E-state index contributed by atoms with van der Waals surface area (Å²) in [5.74, 6) is 0.530. The van der Waals surface area contributed by atoms with Crippen molar-refractivity contribution in [2.24, 2.45) is 5.92 Å². The highest BCUT2D eigenvalue weighted by Crippen LogP contribution is 2.28. The summed E-state index contributed by atoms with van der Waals surface area (Å²) in [4.78, 5) is 15.0. The lowest BCUT2D eigenvalue weighted by atomic mass is 9.99. The molecule has 1 amide bonds. The second-order valence-electron chi connectivity index (χ2n) is 6.89. The van der Waals surface area contributed by atoms with Gasteiger partial charge in [-0.3, -0.25) is 4.79 Å². The van der Waals surface area contributed by atoms with Gasteiger partial charge in [0, 0.05) is 19.6 Å². The Morgan fingerprint density at radius 1 is 1.24 bits per heavy atom. The van der Waals surface area contributed by atoms with E-state index in [4.69, 9.17) is 0 Å². The number of aromatic nitrogens is 1. The molecule has 130 valence electrons. The van der Waals surface area contributed by atoms with E-state index in [1.54, 1.807) is 17.4 Å². The van der Waals surface area contributed by atoms with E-state index in [0.29, 0.717) is 18.2 Å². The predicted molar refractivity (Wildman–Crippen MR) is 99.6 cm³/mol. The molecule has 1 fully saturated rings. The third-order valence-corrected chi connectivity index (χ3v) is 5.90. The average Bonchev–Trinajstić information content (AvgIpc) is 3.18. The molecule has 4 rings (SSSR count). The average molecular weight is 356 g/mol. The third kappa shape index (κ3) is 3.21. The second-order valence-corrected chi connectivity index (χ2v) is 7.84. The Bertz CT molecular complexity index is 905. The van der Waals surface area contributed by atoms with Gasteiger partial charge >= 0.3 is 0 Å². The summed E-state index contributed by atoms with van der Waals surface area (Å²) < 4.78 is 16.7. The summed E-state index contributed by atoms with van der Waals surface area (Å²) in [5.41, 5.74) is 2.62. The van der Waals surface area contributed by atoms with E-state index in [9.17, 15) is 9.18 Å². The zero-order chi connectivity index (χ0) is 17.4. The standard InChI is InChI=1S/C20H21FN2OS/c1-14-5-8-22(9-6-14)20(24)18-12-19-17(7-10-25-19)23(18)13-15-3-2-4-16(21)11-15/h2-4,7,10-12,14H,5-6,8-9,13H2,1H3. The number of benzene rings is 1. The van der Waals surface area contributed by atoms with Crippen molar-refractivity contribution in [2.75, 3.05) is 13.1 Å². The molecular weight excluding hydrogens is 335 g/mol. The van der Waals surface area contributed by atoms with Crippen LogP contribution in [0.5, 0.6) is 0 Å². The van der Waals surface area contributed by atoms with Crippen LogP contribution in [0.15, 0.2) is 41.8 Å². The normalized spacial score (nSPS) is 15.8. The van der Waals surface area contributed by atoms with Gasteiger partial charge in [-0.05, 0) is 54.0 Å². The topological polar surface area (TPSA) is 25.2 Å². The van der Waals surface area contributed by atoms with Crippen molar-refractivity contribution < 1.29 is 9.18 Å². The Morgan fingerprint density at radius 2 is 2.04 bits per heavy atom. The Morgan fingerprint density at radius 3 is 2.80 bits per heavy atom. The van der Waals surface area contributed by atoms with Crippen molar-refractivity contribution in [3.63, 3.8) is 0 Å². The van der Waals surface area contributed by atoms with Crippen molar-refractivity contribution in [3.05, 3.63) is 58.9 Å². The minimum Gasteiger partial charge on any atom is -0.337 e. The number of amides is 1. The van der Waals surface area contributed by atoms with Crippen LogP contribution in [0, 0.1) is 11.7 Å². The summed E-state index contributed by atoms with van der Waals surface area (Å²) in [5, 5.41) is 2.03. The second kappa shape index (κ2) is 6.64. The molecule has 3 heterocycles. The first kappa shape index (κ1) is 16.3. The fourth-order valence-corrected chi connectivity index (χ4v) is 4.34. The lowest BCUT2D eigenvalue weighted by molar-refractivity contribution is 0.0687. The molecule has 1 aromatic carbocycles. The molecule has 0 saturated carbocycles. The highest BCUT2D eigenvalue weighted by molar-refractivity contribution is 7.17. The molecule has 3 aromatic rings. The van der Waals surface area contributed by atoms with Crippen LogP contribution in [0.3, 0.4) is 0 Å². The van der Waals surface area contributed by atoms with E-state index in [0.717, 1.165) is 41.7 Å². The smallest absolute Gasteiger partial charge is 0.270 e. The summed E-state index contributed by atoms with van der Waals surface area (Å²) in [6, 6.07) is 10.6. The SMILES string of the molecule is CC1CCN(C(=O)c2cc3sccc3n2Cc2cccc(F)c2)CC1. The highest BCUT2D eigenvalue weighted by Gasteiger charge is 2.25. The van der Waals surface area contributed by atoms with Gasteiger partial charge in [0.15, 0.2) is 0 Å². The number of nitrogens with zero attached hydrogens (tertiary/aromatic N) is 2. The number of thiophene rings is 1. The summed E-state index contributed by atoms with van der Waals surface area (Å²) >= 11 is 1.63. The Kier molecular flexibility index (Phi) is 4.34. The van der Waals surface area contributed by atoms with Gasteiger partial charge in [-0.2, -0.15) is 0 Å². The molecule has 1 aliphatic rings. The van der Waals surface area contributed by atoms with Crippen LogP contribution < -0.4 is 0 Å². The van der Waals surface area contributed by atoms with Gasteiger partial charge < -0.3 is 9.47 Å². The zero-order valence-corrected chi connectivity index (χ0v) is 15.1. The molecule has 25 heavy (non-hydrogen) atoms. The van der Waals surface area contributed by atoms with Crippen molar-refractivity contribution >= 4 is 27.5 Å². The number of likely N-dealkylation sites (tertiary alicyclic amines) is 1. The Balaban J connectivity index is 1.69. The van der Waals surface area contributed by atoms with E-state index in [1.807, 2.05) is 33.0 Å². The molecule has 0 atom stereocenters. The first-order valence-corrected chi connectivity index (χ1v) is 9.60. The molecule has 3 nitrogen and oxygen atoms in total. The number of piperidine rings is 1. The maximum atomic E-state index is 13.6. The number of halogens is 1. The van der Waals surface area contributed by atoms with Crippen molar-refractivity contribution in [1.29, 1.82) is 0 Å². The van der Waals surface area contributed by atoms with Crippen LogP contribution in [-0.4, -0.2) is 28.5 Å². The minimum atomic E-state index is -0.246. The summed E-state index contributed by atoms with van der Waals surface area (Å²) in [6.07, 6.45) is 2.12. The lowest BCUT2D eigenvalue weighted by Gasteiger charge is -2.30. The maximum absolute atomic E-state index is 13.6. The van der Waals surface area contributed by atoms with Crippen molar-refractivity contribution in [3.8, 4) is 0 Å². The van der Waals surface area contributed by atoms with E-state index >= 15 is 0 Å². The van der Waals surface area contributed by atoms with Crippen LogP contribution in [0.25, 0.3) is 10.2 Å². The fraction of sp³-hybridized carbons (Fsp3) is 0.350. The van der Waals surface area contributed by atoms with Crippen LogP contribution in [0.1, 0.15) is 35.8 Å². The molecule has 1 aliphatic heterocycles. The number of fused-ring (bicyclic) bond motifs is 1. The number of rotatable bonds is 3. The van der Waals surface area contributed by atoms with Crippen LogP contribution in [-0.2, 0) is 6.54 Å². The highest BCUT2D eigenvalue weighted by atomic mass is 32.1. The molecule has 0 spiro atoms. The van der Waals surface area contributed by atoms with Crippen LogP contribution in [0.2, 0.25) is 0 Å². The number of carbonyl (C=O) groups excluding carboxylic acids is 1. The number of hydrogen-bond acceptors (Lipinski definition) is 2. The molecule has 2 aromatic heterocycles. The number of hydrogen-bond donors (Lipinski definition) is 0. The van der Waals surface area contributed by atoms with Gasteiger partial charge in [0.25, 0.3) is 5.91 Å². The minimum absolute atomic E-state index is 0.0895. The molecular formula is C20H21FN2OS.